The normalized spacial score (nSPS) is 23.9. The predicted octanol–water partition coefficient (Wildman–Crippen LogP) is 2.28. The summed E-state index contributed by atoms with van der Waals surface area (Å²) in [4.78, 5) is 7.00. The Bertz CT molecular complexity index is 556. The molecule has 0 bridgehead atoms. The van der Waals surface area contributed by atoms with Gasteiger partial charge in [0, 0.05) is 31.7 Å². The van der Waals surface area contributed by atoms with Crippen molar-refractivity contribution in [3.63, 3.8) is 0 Å². The van der Waals surface area contributed by atoms with E-state index in [2.05, 4.69) is 22.1 Å². The number of nitrogens with zero attached hydrogens (tertiary/aromatic N) is 2. The van der Waals surface area contributed by atoms with Gasteiger partial charge in [-0.05, 0) is 44.0 Å². The third-order valence-electron chi connectivity index (χ3n) is 4.69. The van der Waals surface area contributed by atoms with Gasteiger partial charge < -0.3 is 19.7 Å². The molecule has 0 saturated carbocycles. The van der Waals surface area contributed by atoms with E-state index in [0.717, 1.165) is 45.2 Å². The Balaban J connectivity index is 1.51. The second-order valence-electron chi connectivity index (χ2n) is 6.51. The Morgan fingerprint density at radius 3 is 2.92 bits per heavy atom. The monoisotopic (exact) mass is 335 g/mol. The highest BCUT2D eigenvalue weighted by Crippen LogP contribution is 2.38. The van der Waals surface area contributed by atoms with Gasteiger partial charge in [0.15, 0.2) is 5.96 Å². The first kappa shape index (κ1) is 17.0. The molecule has 1 unspecified atom stereocenters. The Morgan fingerprint density at radius 1 is 1.38 bits per heavy atom. The maximum absolute atomic E-state index is 12.9. The molecular formula is C18H26FN3O2. The zero-order chi connectivity index (χ0) is 16.8. The summed E-state index contributed by atoms with van der Waals surface area (Å²) >= 11 is 0. The number of halogens is 1. The smallest absolute Gasteiger partial charge is 0.194 e. The van der Waals surface area contributed by atoms with Crippen LogP contribution in [-0.2, 0) is 4.74 Å². The van der Waals surface area contributed by atoms with Gasteiger partial charge in [0.25, 0.3) is 0 Å². The minimum absolute atomic E-state index is 0.256. The Hall–Kier alpha value is -1.82. The minimum atomic E-state index is -0.256. The van der Waals surface area contributed by atoms with E-state index in [4.69, 9.17) is 9.47 Å². The quantitative estimate of drug-likeness (QED) is 0.509. The highest BCUT2D eigenvalue weighted by atomic mass is 19.1. The molecule has 3 rings (SSSR count). The second kappa shape index (κ2) is 7.83. The van der Waals surface area contributed by atoms with E-state index in [1.165, 1.54) is 18.6 Å². The molecule has 0 aromatic heterocycles. The summed E-state index contributed by atoms with van der Waals surface area (Å²) in [5.41, 5.74) is 0.320. The molecule has 2 heterocycles. The third kappa shape index (κ3) is 4.17. The second-order valence-corrected chi connectivity index (χ2v) is 6.51. The summed E-state index contributed by atoms with van der Waals surface area (Å²) in [5, 5.41) is 3.37. The summed E-state index contributed by atoms with van der Waals surface area (Å²) in [5.74, 6) is 1.36. The van der Waals surface area contributed by atoms with Gasteiger partial charge in [-0.3, -0.25) is 0 Å². The van der Waals surface area contributed by atoms with Gasteiger partial charge in [-0.1, -0.05) is 0 Å². The number of ether oxygens (including phenoxy) is 2. The molecule has 6 heteroatoms. The molecule has 24 heavy (non-hydrogen) atoms. The molecular weight excluding hydrogens is 309 g/mol. The Morgan fingerprint density at radius 2 is 2.21 bits per heavy atom. The fourth-order valence-corrected chi connectivity index (χ4v) is 3.36. The van der Waals surface area contributed by atoms with Crippen LogP contribution >= 0.6 is 0 Å². The third-order valence-corrected chi connectivity index (χ3v) is 4.69. The van der Waals surface area contributed by atoms with Crippen LogP contribution in [0, 0.1) is 11.2 Å². The van der Waals surface area contributed by atoms with E-state index in [0.29, 0.717) is 24.3 Å². The largest absolute Gasteiger partial charge is 0.492 e. The molecule has 0 aliphatic carbocycles. The van der Waals surface area contributed by atoms with Crippen molar-refractivity contribution in [2.75, 3.05) is 46.0 Å². The van der Waals surface area contributed by atoms with Gasteiger partial charge in [-0.2, -0.15) is 0 Å². The fraction of sp³-hybridized carbons (Fsp3) is 0.611. The number of hydrogen-bond donors (Lipinski definition) is 1. The van der Waals surface area contributed by atoms with Gasteiger partial charge >= 0.3 is 0 Å². The van der Waals surface area contributed by atoms with Crippen LogP contribution in [0.2, 0.25) is 0 Å². The molecule has 1 spiro atoms. The van der Waals surface area contributed by atoms with Gasteiger partial charge in [0.2, 0.25) is 0 Å². The zero-order valence-electron chi connectivity index (χ0n) is 14.3. The number of nitrogens with one attached hydrogen (secondary N) is 1. The summed E-state index contributed by atoms with van der Waals surface area (Å²) in [6.07, 6.45) is 2.32. The van der Waals surface area contributed by atoms with E-state index in [9.17, 15) is 4.39 Å². The number of aliphatic imine (C=N–C) groups is 1. The van der Waals surface area contributed by atoms with Gasteiger partial charge in [-0.25, -0.2) is 9.38 Å². The molecule has 2 aliphatic heterocycles. The van der Waals surface area contributed by atoms with E-state index in [1.807, 2.05) is 0 Å². The predicted molar refractivity (Wildman–Crippen MR) is 91.9 cm³/mol. The number of likely N-dealkylation sites (tertiary alicyclic amines) is 1. The first-order chi connectivity index (χ1) is 11.7. The fourth-order valence-electron chi connectivity index (χ4n) is 3.36. The van der Waals surface area contributed by atoms with Crippen molar-refractivity contribution in [2.45, 2.75) is 19.8 Å². The van der Waals surface area contributed by atoms with E-state index < -0.39 is 0 Å². The molecule has 0 amide bonds. The average molecular weight is 335 g/mol. The van der Waals surface area contributed by atoms with Crippen molar-refractivity contribution in [1.29, 1.82) is 0 Å². The summed E-state index contributed by atoms with van der Waals surface area (Å²) in [6.45, 7) is 7.75. The molecule has 5 nitrogen and oxygen atoms in total. The van der Waals surface area contributed by atoms with Crippen LogP contribution in [-0.4, -0.2) is 56.9 Å². The number of hydrogen-bond acceptors (Lipinski definition) is 3. The molecule has 2 saturated heterocycles. The molecule has 1 atom stereocenters. The first-order valence-electron chi connectivity index (χ1n) is 8.70. The van der Waals surface area contributed by atoms with Crippen LogP contribution in [0.15, 0.2) is 29.3 Å². The van der Waals surface area contributed by atoms with Crippen molar-refractivity contribution in [1.82, 2.24) is 10.2 Å². The van der Waals surface area contributed by atoms with E-state index >= 15 is 0 Å². The lowest BCUT2D eigenvalue weighted by molar-refractivity contribution is 0.156. The average Bonchev–Trinajstić information content (AvgIpc) is 3.22. The van der Waals surface area contributed by atoms with Crippen molar-refractivity contribution in [2.24, 2.45) is 10.4 Å². The van der Waals surface area contributed by atoms with Gasteiger partial charge in [0.1, 0.15) is 18.2 Å². The Kier molecular flexibility index (Phi) is 5.56. The lowest BCUT2D eigenvalue weighted by Gasteiger charge is -2.25. The summed E-state index contributed by atoms with van der Waals surface area (Å²) < 4.78 is 24.1. The molecule has 2 aliphatic rings. The van der Waals surface area contributed by atoms with Crippen LogP contribution in [0.25, 0.3) is 0 Å². The topological polar surface area (TPSA) is 46.1 Å². The number of benzene rings is 1. The van der Waals surface area contributed by atoms with Gasteiger partial charge in [0.05, 0.1) is 13.2 Å². The lowest BCUT2D eigenvalue weighted by atomic mass is 9.87. The van der Waals surface area contributed by atoms with E-state index in [-0.39, 0.29) is 5.82 Å². The van der Waals surface area contributed by atoms with Crippen LogP contribution in [0.5, 0.6) is 5.75 Å². The number of rotatable bonds is 5. The molecule has 2 fully saturated rings. The SMILES string of the molecule is CCNC(=NCCOc1ccc(F)cc1)N1CCC2(CCOC2)C1. The van der Waals surface area contributed by atoms with E-state index in [1.54, 1.807) is 12.1 Å². The molecule has 132 valence electrons. The molecule has 0 radical (unpaired) electrons. The van der Waals surface area contributed by atoms with Crippen LogP contribution in [0.1, 0.15) is 19.8 Å². The lowest BCUT2D eigenvalue weighted by Crippen LogP contribution is -2.41. The van der Waals surface area contributed by atoms with Crippen LogP contribution in [0.3, 0.4) is 0 Å². The van der Waals surface area contributed by atoms with Crippen molar-refractivity contribution >= 4 is 5.96 Å². The maximum atomic E-state index is 12.9. The minimum Gasteiger partial charge on any atom is -0.492 e. The molecule has 1 N–H and O–H groups in total. The van der Waals surface area contributed by atoms with Crippen molar-refractivity contribution < 1.29 is 13.9 Å². The standard InChI is InChI=1S/C18H26FN3O2/c1-2-20-17(22-10-7-18(13-22)8-11-23-14-18)21-9-12-24-16-5-3-15(19)4-6-16/h3-6H,2,7-14H2,1H3,(H,20,21). The summed E-state index contributed by atoms with van der Waals surface area (Å²) in [6, 6.07) is 6.06. The summed E-state index contributed by atoms with van der Waals surface area (Å²) in [7, 11) is 0. The molecule has 1 aromatic rings. The molecule has 1 aromatic carbocycles. The number of guanidine groups is 1. The van der Waals surface area contributed by atoms with Crippen molar-refractivity contribution in [3.05, 3.63) is 30.1 Å². The highest BCUT2D eigenvalue weighted by molar-refractivity contribution is 5.80. The highest BCUT2D eigenvalue weighted by Gasteiger charge is 2.42. The Labute approximate surface area is 142 Å². The van der Waals surface area contributed by atoms with Crippen LogP contribution in [0.4, 0.5) is 4.39 Å². The first-order valence-corrected chi connectivity index (χ1v) is 8.70. The van der Waals surface area contributed by atoms with Crippen LogP contribution < -0.4 is 10.1 Å². The zero-order valence-corrected chi connectivity index (χ0v) is 14.3. The van der Waals surface area contributed by atoms with Crippen molar-refractivity contribution in [3.8, 4) is 5.75 Å². The maximum Gasteiger partial charge on any atom is 0.194 e. The van der Waals surface area contributed by atoms with Gasteiger partial charge in [-0.15, -0.1) is 0 Å².